The van der Waals surface area contributed by atoms with Crippen molar-refractivity contribution < 1.29 is 19.0 Å². The van der Waals surface area contributed by atoms with Gasteiger partial charge in [-0.2, -0.15) is 0 Å². The van der Waals surface area contributed by atoms with Gasteiger partial charge in [-0.3, -0.25) is 14.6 Å². The van der Waals surface area contributed by atoms with E-state index in [4.69, 9.17) is 19.2 Å². The van der Waals surface area contributed by atoms with Gasteiger partial charge in [0.25, 0.3) is 5.91 Å². The number of anilines is 1. The number of hydrogen-bond donors (Lipinski definition) is 0. The Hall–Kier alpha value is -1.91. The highest BCUT2D eigenvalue weighted by molar-refractivity contribution is 9.10. The topological polar surface area (TPSA) is 64.1 Å². The molecule has 0 bridgehead atoms. The van der Waals surface area contributed by atoms with Gasteiger partial charge < -0.3 is 14.2 Å². The van der Waals surface area contributed by atoms with Crippen LogP contribution in [-0.4, -0.2) is 68.9 Å². The fourth-order valence-electron chi connectivity index (χ4n) is 3.52. The summed E-state index contributed by atoms with van der Waals surface area (Å²) in [6.45, 7) is 4.83. The van der Waals surface area contributed by atoms with E-state index >= 15 is 0 Å². The van der Waals surface area contributed by atoms with E-state index in [0.29, 0.717) is 23.2 Å². The highest BCUT2D eigenvalue weighted by Crippen LogP contribution is 2.31. The monoisotopic (exact) mass is 555 g/mol. The Morgan fingerprint density at radius 3 is 2.79 bits per heavy atom. The molecule has 7 nitrogen and oxygen atoms in total. The van der Waals surface area contributed by atoms with Crippen LogP contribution in [-0.2, 0) is 9.53 Å². The number of fused-ring (bicyclic) bond motifs is 1. The molecular weight excluding hydrogens is 530 g/mol. The second-order valence-corrected chi connectivity index (χ2v) is 9.35. The highest BCUT2D eigenvalue weighted by atomic mass is 79.9. The minimum Gasteiger partial charge on any atom is -0.497 e. The maximum Gasteiger partial charge on any atom is 0.266 e. The van der Waals surface area contributed by atoms with Crippen LogP contribution in [0.25, 0.3) is 10.2 Å². The van der Waals surface area contributed by atoms with Crippen molar-refractivity contribution in [3.8, 4) is 11.5 Å². The van der Waals surface area contributed by atoms with Crippen LogP contribution in [0.2, 0.25) is 0 Å². The first kappa shape index (κ1) is 25.7. The minimum absolute atomic E-state index is 0. The molecule has 0 radical (unpaired) electrons. The standard InChI is InChI=1S/C23H26BrN3O4S.ClH/c1-29-18-4-2-5-19(15-18)31-16-22(28)27(9-3-8-26-10-12-30-13-11-26)23-25-20-7-6-17(24)14-21(20)32-23;/h2,4-7,14-15H,3,8-13,16H2,1H3;1H. The normalized spacial score (nSPS) is 14.0. The van der Waals surface area contributed by atoms with E-state index in [-0.39, 0.29) is 24.9 Å². The number of halogens is 2. The summed E-state index contributed by atoms with van der Waals surface area (Å²) in [5.74, 6) is 1.17. The predicted octanol–water partition coefficient (Wildman–Crippen LogP) is 4.62. The van der Waals surface area contributed by atoms with Crippen LogP contribution < -0.4 is 14.4 Å². The number of rotatable bonds is 9. The molecule has 1 fully saturated rings. The number of benzene rings is 2. The molecule has 0 spiro atoms. The number of nitrogens with zero attached hydrogens (tertiary/aromatic N) is 3. The van der Waals surface area contributed by atoms with Crippen LogP contribution >= 0.6 is 39.7 Å². The second kappa shape index (κ2) is 12.5. The van der Waals surface area contributed by atoms with Crippen molar-refractivity contribution in [2.45, 2.75) is 6.42 Å². The van der Waals surface area contributed by atoms with E-state index < -0.39 is 0 Å². The van der Waals surface area contributed by atoms with Gasteiger partial charge in [-0.15, -0.1) is 12.4 Å². The summed E-state index contributed by atoms with van der Waals surface area (Å²) in [6.07, 6.45) is 0.852. The average Bonchev–Trinajstić information content (AvgIpc) is 3.24. The summed E-state index contributed by atoms with van der Waals surface area (Å²) in [5, 5.41) is 0.694. The fourth-order valence-corrected chi connectivity index (χ4v) is 5.08. The lowest BCUT2D eigenvalue weighted by Gasteiger charge is -2.27. The van der Waals surface area contributed by atoms with Crippen molar-refractivity contribution in [2.75, 3.05) is 58.0 Å². The lowest BCUT2D eigenvalue weighted by atomic mass is 10.3. The summed E-state index contributed by atoms with van der Waals surface area (Å²) in [7, 11) is 1.60. The maximum absolute atomic E-state index is 13.2. The van der Waals surface area contributed by atoms with Gasteiger partial charge in [0.1, 0.15) is 11.5 Å². The number of methoxy groups -OCH3 is 1. The molecule has 0 N–H and O–H groups in total. The van der Waals surface area contributed by atoms with Crippen molar-refractivity contribution in [1.29, 1.82) is 0 Å². The molecule has 0 atom stereocenters. The molecular formula is C23H27BrClN3O4S. The fraction of sp³-hybridized carbons (Fsp3) is 0.391. The molecule has 1 saturated heterocycles. The van der Waals surface area contributed by atoms with Crippen LogP contribution in [0.1, 0.15) is 6.42 Å². The third-order valence-corrected chi connectivity index (χ3v) is 6.77. The Bertz CT molecular complexity index is 1060. The number of amides is 1. The zero-order chi connectivity index (χ0) is 22.3. The number of aromatic nitrogens is 1. The maximum atomic E-state index is 13.2. The van der Waals surface area contributed by atoms with Crippen molar-refractivity contribution in [1.82, 2.24) is 9.88 Å². The van der Waals surface area contributed by atoms with Crippen molar-refractivity contribution in [2.24, 2.45) is 0 Å². The van der Waals surface area contributed by atoms with Gasteiger partial charge in [0.15, 0.2) is 11.7 Å². The van der Waals surface area contributed by atoms with Gasteiger partial charge in [0.2, 0.25) is 0 Å². The largest absolute Gasteiger partial charge is 0.497 e. The molecule has 0 aliphatic carbocycles. The molecule has 0 unspecified atom stereocenters. The summed E-state index contributed by atoms with van der Waals surface area (Å²) >= 11 is 5.02. The third kappa shape index (κ3) is 7.04. The van der Waals surface area contributed by atoms with Crippen LogP contribution in [0.4, 0.5) is 5.13 Å². The van der Waals surface area contributed by atoms with Gasteiger partial charge in [0.05, 0.1) is 30.5 Å². The SMILES string of the molecule is COc1cccc(OCC(=O)N(CCCN2CCOCC2)c2nc3ccc(Br)cc3s2)c1.Cl. The Balaban J connectivity index is 0.00000306. The first-order valence-corrected chi connectivity index (χ1v) is 12.2. The first-order valence-electron chi connectivity index (χ1n) is 10.6. The van der Waals surface area contributed by atoms with E-state index in [1.807, 2.05) is 36.4 Å². The van der Waals surface area contributed by atoms with Crippen molar-refractivity contribution in [3.05, 3.63) is 46.9 Å². The molecule has 178 valence electrons. The Kier molecular flexibility index (Phi) is 9.76. The molecule has 1 aromatic heterocycles. The number of ether oxygens (including phenoxy) is 3. The van der Waals surface area contributed by atoms with E-state index in [1.54, 1.807) is 18.1 Å². The van der Waals surface area contributed by atoms with E-state index in [0.717, 1.165) is 54.0 Å². The number of thiazole rings is 1. The quantitative estimate of drug-likeness (QED) is 0.383. The molecule has 3 aromatic rings. The van der Waals surface area contributed by atoms with Crippen molar-refractivity contribution >= 4 is 60.9 Å². The van der Waals surface area contributed by atoms with Gasteiger partial charge in [-0.1, -0.05) is 33.3 Å². The lowest BCUT2D eigenvalue weighted by molar-refractivity contribution is -0.120. The summed E-state index contributed by atoms with van der Waals surface area (Å²) in [4.78, 5) is 22.0. The Morgan fingerprint density at radius 1 is 1.21 bits per heavy atom. The van der Waals surface area contributed by atoms with Gasteiger partial charge in [-0.25, -0.2) is 4.98 Å². The molecule has 1 aliphatic rings. The van der Waals surface area contributed by atoms with Crippen LogP contribution in [0.15, 0.2) is 46.9 Å². The zero-order valence-electron chi connectivity index (χ0n) is 18.4. The smallest absolute Gasteiger partial charge is 0.266 e. The third-order valence-electron chi connectivity index (χ3n) is 5.23. The molecule has 2 aromatic carbocycles. The highest BCUT2D eigenvalue weighted by Gasteiger charge is 2.21. The first-order chi connectivity index (χ1) is 15.6. The van der Waals surface area contributed by atoms with Crippen LogP contribution in [0.5, 0.6) is 11.5 Å². The molecule has 33 heavy (non-hydrogen) atoms. The number of morpholine rings is 1. The van der Waals surface area contributed by atoms with Crippen LogP contribution in [0.3, 0.4) is 0 Å². The Labute approximate surface area is 212 Å². The Morgan fingerprint density at radius 2 is 2.00 bits per heavy atom. The van der Waals surface area contributed by atoms with Gasteiger partial charge >= 0.3 is 0 Å². The average molecular weight is 557 g/mol. The molecule has 1 amide bonds. The molecule has 10 heteroatoms. The lowest BCUT2D eigenvalue weighted by Crippen LogP contribution is -2.40. The van der Waals surface area contributed by atoms with Gasteiger partial charge in [-0.05, 0) is 36.8 Å². The van der Waals surface area contributed by atoms with Crippen LogP contribution in [0, 0.1) is 0 Å². The molecule has 4 rings (SSSR count). The molecule has 0 saturated carbocycles. The zero-order valence-corrected chi connectivity index (χ0v) is 21.6. The predicted molar refractivity (Wildman–Crippen MR) is 137 cm³/mol. The summed E-state index contributed by atoms with van der Waals surface area (Å²) < 4.78 is 18.5. The van der Waals surface area contributed by atoms with Crippen molar-refractivity contribution in [3.63, 3.8) is 0 Å². The minimum atomic E-state index is -0.118. The van der Waals surface area contributed by atoms with E-state index in [2.05, 4.69) is 20.8 Å². The second-order valence-electron chi connectivity index (χ2n) is 7.43. The van der Waals surface area contributed by atoms with Gasteiger partial charge in [0, 0.05) is 36.7 Å². The summed E-state index contributed by atoms with van der Waals surface area (Å²) in [5.41, 5.74) is 0.882. The number of carbonyl (C=O) groups excluding carboxylic acids is 1. The van der Waals surface area contributed by atoms with E-state index in [1.165, 1.54) is 11.3 Å². The summed E-state index contributed by atoms with van der Waals surface area (Å²) in [6, 6.07) is 13.2. The van der Waals surface area contributed by atoms with E-state index in [9.17, 15) is 4.79 Å². The molecule has 1 aliphatic heterocycles. The number of carbonyl (C=O) groups is 1. The molecule has 2 heterocycles. The number of hydrogen-bond acceptors (Lipinski definition) is 7.